The number of carbonyl (C=O) groups is 1. The Balaban J connectivity index is 2.73. The monoisotopic (exact) mass is 256 g/mol. The molecule has 1 aromatic rings. The zero-order valence-corrected chi connectivity index (χ0v) is 10.6. The summed E-state index contributed by atoms with van der Waals surface area (Å²) < 4.78 is 24.0. The summed E-state index contributed by atoms with van der Waals surface area (Å²) in [6.45, 7) is 4.88. The van der Waals surface area contributed by atoms with Crippen LogP contribution in [0.15, 0.2) is 18.2 Å². The zero-order valence-electron chi connectivity index (χ0n) is 10.6. The largest absolute Gasteiger partial charge is 0.488 e. The molecular formula is C13H17FO4. The summed E-state index contributed by atoms with van der Waals surface area (Å²) in [5.74, 6) is -1.35. The highest BCUT2D eigenvalue weighted by Crippen LogP contribution is 2.24. The molecule has 0 fully saturated rings. The summed E-state index contributed by atoms with van der Waals surface area (Å²) in [6, 6.07) is 4.48. The molecule has 0 radical (unpaired) electrons. The van der Waals surface area contributed by atoms with E-state index in [2.05, 4.69) is 0 Å². The smallest absolute Gasteiger partial charge is 0.329 e. The SMILES string of the molecule is CC(C)Oc1ccc(C(C)OCC(=O)O)cc1F. The Morgan fingerprint density at radius 3 is 2.56 bits per heavy atom. The lowest BCUT2D eigenvalue weighted by Gasteiger charge is -2.15. The summed E-state index contributed by atoms with van der Waals surface area (Å²) in [6.07, 6.45) is -0.588. The predicted molar refractivity (Wildman–Crippen MR) is 64.2 cm³/mol. The summed E-state index contributed by atoms with van der Waals surface area (Å²) >= 11 is 0. The van der Waals surface area contributed by atoms with E-state index in [-0.39, 0.29) is 11.9 Å². The summed E-state index contributed by atoms with van der Waals surface area (Å²) in [5, 5.41) is 8.49. The quantitative estimate of drug-likeness (QED) is 0.850. The Labute approximate surface area is 105 Å². The van der Waals surface area contributed by atoms with E-state index in [1.807, 2.05) is 13.8 Å². The molecule has 0 aromatic heterocycles. The Morgan fingerprint density at radius 2 is 2.06 bits per heavy atom. The Bertz CT molecular complexity index is 417. The van der Waals surface area contributed by atoms with Gasteiger partial charge in [-0.25, -0.2) is 9.18 Å². The van der Waals surface area contributed by atoms with Crippen molar-refractivity contribution in [2.24, 2.45) is 0 Å². The number of benzene rings is 1. The first-order valence-electron chi connectivity index (χ1n) is 5.69. The van der Waals surface area contributed by atoms with Crippen molar-refractivity contribution in [2.45, 2.75) is 33.0 Å². The number of rotatable bonds is 6. The number of ether oxygens (including phenoxy) is 2. The van der Waals surface area contributed by atoms with Crippen molar-refractivity contribution in [3.05, 3.63) is 29.6 Å². The first-order chi connectivity index (χ1) is 8.40. The van der Waals surface area contributed by atoms with Crippen molar-refractivity contribution in [2.75, 3.05) is 6.61 Å². The molecule has 0 saturated carbocycles. The number of aliphatic carboxylic acids is 1. The van der Waals surface area contributed by atoms with E-state index in [1.54, 1.807) is 13.0 Å². The fourth-order valence-electron chi connectivity index (χ4n) is 1.41. The molecule has 1 atom stereocenters. The van der Waals surface area contributed by atoms with E-state index in [9.17, 15) is 9.18 Å². The van der Waals surface area contributed by atoms with E-state index in [0.29, 0.717) is 5.56 Å². The third-order valence-corrected chi connectivity index (χ3v) is 2.24. The van der Waals surface area contributed by atoms with Gasteiger partial charge in [-0.1, -0.05) is 6.07 Å². The van der Waals surface area contributed by atoms with Crippen LogP contribution in [-0.4, -0.2) is 23.8 Å². The van der Waals surface area contributed by atoms with Crippen molar-refractivity contribution in [1.82, 2.24) is 0 Å². The van der Waals surface area contributed by atoms with Crippen LogP contribution in [-0.2, 0) is 9.53 Å². The molecule has 1 aromatic carbocycles. The van der Waals surface area contributed by atoms with Gasteiger partial charge in [0.2, 0.25) is 0 Å². The number of carboxylic acid groups (broad SMARTS) is 1. The van der Waals surface area contributed by atoms with Crippen LogP contribution in [0, 0.1) is 5.82 Å². The molecule has 0 aliphatic carbocycles. The van der Waals surface area contributed by atoms with Gasteiger partial charge in [-0.15, -0.1) is 0 Å². The van der Waals surface area contributed by atoms with Crippen molar-refractivity contribution >= 4 is 5.97 Å². The van der Waals surface area contributed by atoms with Gasteiger partial charge in [0.05, 0.1) is 12.2 Å². The molecule has 0 heterocycles. The van der Waals surface area contributed by atoms with Crippen molar-refractivity contribution < 1.29 is 23.8 Å². The molecule has 0 bridgehead atoms. The molecule has 18 heavy (non-hydrogen) atoms. The number of hydrogen-bond donors (Lipinski definition) is 1. The maximum Gasteiger partial charge on any atom is 0.329 e. The van der Waals surface area contributed by atoms with Gasteiger partial charge in [-0.2, -0.15) is 0 Å². The highest BCUT2D eigenvalue weighted by atomic mass is 19.1. The fourth-order valence-corrected chi connectivity index (χ4v) is 1.41. The Hall–Kier alpha value is -1.62. The van der Waals surface area contributed by atoms with Crippen LogP contribution in [0.3, 0.4) is 0 Å². The van der Waals surface area contributed by atoms with Gasteiger partial charge in [0.1, 0.15) is 6.61 Å². The lowest BCUT2D eigenvalue weighted by Crippen LogP contribution is -2.11. The number of hydrogen-bond acceptors (Lipinski definition) is 3. The van der Waals surface area contributed by atoms with Crippen LogP contribution in [0.2, 0.25) is 0 Å². The van der Waals surface area contributed by atoms with Crippen LogP contribution >= 0.6 is 0 Å². The highest BCUT2D eigenvalue weighted by molar-refractivity contribution is 5.68. The first-order valence-corrected chi connectivity index (χ1v) is 5.69. The lowest BCUT2D eigenvalue weighted by atomic mass is 10.1. The molecule has 0 spiro atoms. The highest BCUT2D eigenvalue weighted by Gasteiger charge is 2.12. The topological polar surface area (TPSA) is 55.8 Å². The number of halogens is 1. The average molecular weight is 256 g/mol. The van der Waals surface area contributed by atoms with E-state index in [0.717, 1.165) is 0 Å². The normalized spacial score (nSPS) is 12.5. The molecule has 0 aliphatic rings. The van der Waals surface area contributed by atoms with E-state index >= 15 is 0 Å². The first kappa shape index (κ1) is 14.4. The molecular weight excluding hydrogens is 239 g/mol. The third kappa shape index (κ3) is 4.33. The predicted octanol–water partition coefficient (Wildman–Crippen LogP) is 2.78. The maximum atomic E-state index is 13.7. The van der Waals surface area contributed by atoms with Gasteiger partial charge in [0, 0.05) is 0 Å². The lowest BCUT2D eigenvalue weighted by molar-refractivity contribution is -0.144. The van der Waals surface area contributed by atoms with E-state index < -0.39 is 24.5 Å². The van der Waals surface area contributed by atoms with Crippen LogP contribution in [0.5, 0.6) is 5.75 Å². The molecule has 1 N–H and O–H groups in total. The van der Waals surface area contributed by atoms with Gasteiger partial charge in [-0.05, 0) is 38.5 Å². The minimum absolute atomic E-state index is 0.106. The molecule has 0 aliphatic heterocycles. The van der Waals surface area contributed by atoms with E-state index in [4.69, 9.17) is 14.6 Å². The Kier molecular flexibility index (Phi) is 5.09. The summed E-state index contributed by atoms with van der Waals surface area (Å²) in [7, 11) is 0. The van der Waals surface area contributed by atoms with Crippen molar-refractivity contribution in [3.63, 3.8) is 0 Å². The standard InChI is InChI=1S/C13H17FO4/c1-8(2)18-12-5-4-10(6-11(12)14)9(3)17-7-13(15)16/h4-6,8-9H,7H2,1-3H3,(H,15,16). The van der Waals surface area contributed by atoms with Crippen molar-refractivity contribution in [3.8, 4) is 5.75 Å². The molecule has 0 amide bonds. The molecule has 1 unspecified atom stereocenters. The van der Waals surface area contributed by atoms with Gasteiger partial charge in [0.25, 0.3) is 0 Å². The molecule has 0 saturated heterocycles. The second kappa shape index (κ2) is 6.35. The minimum Gasteiger partial charge on any atom is -0.488 e. The second-order valence-corrected chi connectivity index (χ2v) is 4.20. The summed E-state index contributed by atoms with van der Waals surface area (Å²) in [5.41, 5.74) is 0.574. The average Bonchev–Trinajstić information content (AvgIpc) is 2.28. The van der Waals surface area contributed by atoms with Gasteiger partial charge >= 0.3 is 5.97 Å². The third-order valence-electron chi connectivity index (χ3n) is 2.24. The Morgan fingerprint density at radius 1 is 1.39 bits per heavy atom. The number of carboxylic acids is 1. The molecule has 1 rings (SSSR count). The molecule has 4 nitrogen and oxygen atoms in total. The molecule has 5 heteroatoms. The van der Waals surface area contributed by atoms with Crippen molar-refractivity contribution in [1.29, 1.82) is 0 Å². The van der Waals surface area contributed by atoms with Crippen LogP contribution < -0.4 is 4.74 Å². The van der Waals surface area contributed by atoms with Gasteiger partial charge in [0.15, 0.2) is 11.6 Å². The van der Waals surface area contributed by atoms with E-state index in [1.165, 1.54) is 12.1 Å². The van der Waals surface area contributed by atoms with Gasteiger partial charge < -0.3 is 14.6 Å². The fraction of sp³-hybridized carbons (Fsp3) is 0.462. The van der Waals surface area contributed by atoms with Crippen LogP contribution in [0.4, 0.5) is 4.39 Å². The van der Waals surface area contributed by atoms with Crippen LogP contribution in [0.1, 0.15) is 32.4 Å². The second-order valence-electron chi connectivity index (χ2n) is 4.20. The maximum absolute atomic E-state index is 13.7. The summed E-state index contributed by atoms with van der Waals surface area (Å²) in [4.78, 5) is 10.4. The van der Waals surface area contributed by atoms with Gasteiger partial charge in [-0.3, -0.25) is 0 Å². The minimum atomic E-state index is -1.05. The van der Waals surface area contributed by atoms with Crippen LogP contribution in [0.25, 0.3) is 0 Å². The zero-order chi connectivity index (χ0) is 13.7. The molecule has 100 valence electrons.